The summed E-state index contributed by atoms with van der Waals surface area (Å²) in [6.45, 7) is 8.84. The summed E-state index contributed by atoms with van der Waals surface area (Å²) in [6, 6.07) is 11.2. The molecule has 5 heterocycles. The summed E-state index contributed by atoms with van der Waals surface area (Å²) in [5.74, 6) is 0.906. The quantitative estimate of drug-likeness (QED) is 0.336. The zero-order valence-electron chi connectivity index (χ0n) is 19.2. The van der Waals surface area contributed by atoms with Crippen molar-refractivity contribution in [2.24, 2.45) is 0 Å². The third kappa shape index (κ3) is 3.66. The van der Waals surface area contributed by atoms with Crippen molar-refractivity contribution >= 4 is 44.3 Å². The number of hydrogen-bond donors (Lipinski definition) is 3. The third-order valence-electron chi connectivity index (χ3n) is 6.56. The molecule has 1 aliphatic heterocycles. The van der Waals surface area contributed by atoms with Gasteiger partial charge in [-0.1, -0.05) is 0 Å². The van der Waals surface area contributed by atoms with Gasteiger partial charge in [-0.25, -0.2) is 9.97 Å². The van der Waals surface area contributed by atoms with Crippen molar-refractivity contribution in [1.29, 1.82) is 0 Å². The van der Waals surface area contributed by atoms with Gasteiger partial charge in [-0.15, -0.1) is 11.3 Å². The zero-order chi connectivity index (χ0) is 23.2. The highest BCUT2D eigenvalue weighted by Gasteiger charge is 2.19. The first-order chi connectivity index (χ1) is 16.6. The number of aromatic nitrogens is 4. The number of aromatic hydroxyl groups is 1. The molecule has 4 aromatic heterocycles. The molecular formula is C25H27N7OS. The summed E-state index contributed by atoms with van der Waals surface area (Å²) in [6.07, 6.45) is 7.38. The molecule has 0 atom stereocenters. The number of anilines is 3. The molecule has 5 aromatic rings. The topological polar surface area (TPSA) is 84.7 Å². The van der Waals surface area contributed by atoms with Crippen LogP contribution in [0.15, 0.2) is 55.1 Å². The Balaban J connectivity index is 1.22. The summed E-state index contributed by atoms with van der Waals surface area (Å²) in [5.41, 5.74) is 3.93. The number of fused-ring (bicyclic) bond motifs is 2. The maximum Gasteiger partial charge on any atom is 0.206 e. The number of nitrogens with zero attached hydrogens (tertiary/aromatic N) is 5. The highest BCUT2D eigenvalue weighted by atomic mass is 32.1. The van der Waals surface area contributed by atoms with Crippen LogP contribution in [0.25, 0.3) is 26.3 Å². The van der Waals surface area contributed by atoms with Crippen molar-refractivity contribution in [3.05, 3.63) is 55.1 Å². The van der Waals surface area contributed by atoms with Crippen LogP contribution in [0.1, 0.15) is 13.8 Å². The molecule has 1 aliphatic rings. The zero-order valence-corrected chi connectivity index (χ0v) is 20.0. The average molecular weight is 474 g/mol. The molecule has 0 saturated carbocycles. The van der Waals surface area contributed by atoms with Crippen LogP contribution < -0.4 is 10.2 Å². The minimum Gasteiger partial charge on any atom is -0.494 e. The van der Waals surface area contributed by atoms with Crippen LogP contribution in [-0.4, -0.2) is 61.6 Å². The molecule has 6 rings (SSSR count). The summed E-state index contributed by atoms with van der Waals surface area (Å²) in [7, 11) is 0. The van der Waals surface area contributed by atoms with Gasteiger partial charge in [0.25, 0.3) is 0 Å². The van der Waals surface area contributed by atoms with Gasteiger partial charge in [0.15, 0.2) is 11.5 Å². The van der Waals surface area contributed by atoms with Crippen molar-refractivity contribution in [2.75, 3.05) is 36.4 Å². The molecule has 34 heavy (non-hydrogen) atoms. The number of aromatic amines is 1. The molecule has 1 saturated heterocycles. The fraction of sp³-hybridized carbons (Fsp3) is 0.280. The Morgan fingerprint density at radius 3 is 2.62 bits per heavy atom. The molecule has 8 nitrogen and oxygen atoms in total. The Hall–Kier alpha value is -3.56. The standard InChI is InChI=1S/C25H27N7OS/c1-16(2)30-9-11-31(12-10-30)19-5-3-18(4-6-19)29-23-24-26-7-8-32(24)20(15-27-23)21-13-17-14-28-25(33)22(17)34-21/h3-8,13-16,28,33H,9-12H2,1-2H3,(H,27,29). The van der Waals surface area contributed by atoms with Crippen LogP contribution in [0.5, 0.6) is 5.88 Å². The summed E-state index contributed by atoms with van der Waals surface area (Å²) >= 11 is 1.53. The largest absolute Gasteiger partial charge is 0.494 e. The van der Waals surface area contributed by atoms with E-state index in [1.165, 1.54) is 17.0 Å². The summed E-state index contributed by atoms with van der Waals surface area (Å²) in [5, 5.41) is 14.4. The number of thiophene rings is 1. The smallest absolute Gasteiger partial charge is 0.206 e. The molecule has 1 aromatic carbocycles. The van der Waals surface area contributed by atoms with E-state index in [1.807, 2.05) is 23.0 Å². The molecule has 0 unspecified atom stereocenters. The number of nitrogens with one attached hydrogen (secondary N) is 2. The van der Waals surface area contributed by atoms with Gasteiger partial charge in [0.1, 0.15) is 0 Å². The van der Waals surface area contributed by atoms with Gasteiger partial charge >= 0.3 is 0 Å². The maximum atomic E-state index is 9.99. The van der Waals surface area contributed by atoms with Crippen LogP contribution >= 0.6 is 11.3 Å². The number of benzene rings is 1. The van der Waals surface area contributed by atoms with E-state index in [9.17, 15) is 5.11 Å². The lowest BCUT2D eigenvalue weighted by molar-refractivity contribution is 0.209. The first-order valence-electron chi connectivity index (χ1n) is 11.6. The lowest BCUT2D eigenvalue weighted by atomic mass is 10.2. The van der Waals surface area contributed by atoms with Gasteiger partial charge in [0, 0.05) is 67.6 Å². The van der Waals surface area contributed by atoms with Crippen LogP contribution in [0.2, 0.25) is 0 Å². The molecular weight excluding hydrogens is 446 g/mol. The van der Waals surface area contributed by atoms with Crippen LogP contribution in [-0.2, 0) is 0 Å². The normalized spacial score (nSPS) is 15.1. The molecule has 0 bridgehead atoms. The van der Waals surface area contributed by atoms with E-state index in [0.717, 1.165) is 58.2 Å². The van der Waals surface area contributed by atoms with Gasteiger partial charge in [-0.3, -0.25) is 9.30 Å². The van der Waals surface area contributed by atoms with Crippen molar-refractivity contribution in [2.45, 2.75) is 19.9 Å². The molecule has 174 valence electrons. The average Bonchev–Trinajstić information content (AvgIpc) is 3.58. The summed E-state index contributed by atoms with van der Waals surface area (Å²) < 4.78 is 2.87. The Bertz CT molecular complexity index is 1440. The fourth-order valence-electron chi connectivity index (χ4n) is 4.61. The van der Waals surface area contributed by atoms with E-state index in [1.54, 1.807) is 6.20 Å². The second kappa shape index (κ2) is 8.34. The van der Waals surface area contributed by atoms with E-state index >= 15 is 0 Å². The molecule has 0 spiro atoms. The SMILES string of the molecule is CC(C)N1CCN(c2ccc(Nc3ncc(-c4cc5c[nH]c(O)c5s4)n4ccnc34)cc2)CC1. The van der Waals surface area contributed by atoms with E-state index < -0.39 is 0 Å². The monoisotopic (exact) mass is 473 g/mol. The second-order valence-corrected chi connectivity index (χ2v) is 9.99. The maximum absolute atomic E-state index is 9.99. The highest BCUT2D eigenvalue weighted by Crippen LogP contribution is 2.38. The third-order valence-corrected chi connectivity index (χ3v) is 7.74. The molecule has 0 amide bonds. The van der Waals surface area contributed by atoms with Crippen LogP contribution in [0.4, 0.5) is 17.2 Å². The lowest BCUT2D eigenvalue weighted by Crippen LogP contribution is -2.48. The minimum atomic E-state index is 0.199. The lowest BCUT2D eigenvalue weighted by Gasteiger charge is -2.38. The number of hydrogen-bond acceptors (Lipinski definition) is 7. The predicted octanol–water partition coefficient (Wildman–Crippen LogP) is 4.92. The first-order valence-corrected chi connectivity index (χ1v) is 12.4. The number of rotatable bonds is 5. The Morgan fingerprint density at radius 2 is 1.88 bits per heavy atom. The minimum absolute atomic E-state index is 0.199. The predicted molar refractivity (Wildman–Crippen MR) is 138 cm³/mol. The number of imidazole rings is 1. The van der Waals surface area contributed by atoms with E-state index in [-0.39, 0.29) is 5.88 Å². The van der Waals surface area contributed by atoms with E-state index in [4.69, 9.17) is 4.98 Å². The number of H-pyrrole nitrogens is 1. The number of piperazine rings is 1. The summed E-state index contributed by atoms with van der Waals surface area (Å²) in [4.78, 5) is 18.1. The van der Waals surface area contributed by atoms with Gasteiger partial charge in [-0.05, 0) is 44.2 Å². The molecule has 1 fully saturated rings. The van der Waals surface area contributed by atoms with E-state index in [2.05, 4.69) is 69.3 Å². The Morgan fingerprint density at radius 1 is 1.09 bits per heavy atom. The first kappa shape index (κ1) is 21.0. The van der Waals surface area contributed by atoms with Crippen molar-refractivity contribution < 1.29 is 5.11 Å². The fourth-order valence-corrected chi connectivity index (χ4v) is 5.67. The van der Waals surface area contributed by atoms with Crippen molar-refractivity contribution in [3.8, 4) is 16.5 Å². The van der Waals surface area contributed by atoms with E-state index in [0.29, 0.717) is 11.9 Å². The van der Waals surface area contributed by atoms with Crippen molar-refractivity contribution in [3.63, 3.8) is 0 Å². The van der Waals surface area contributed by atoms with Gasteiger partial charge in [0.05, 0.1) is 21.5 Å². The highest BCUT2D eigenvalue weighted by molar-refractivity contribution is 7.22. The van der Waals surface area contributed by atoms with Gasteiger partial charge < -0.3 is 20.3 Å². The van der Waals surface area contributed by atoms with Crippen LogP contribution in [0.3, 0.4) is 0 Å². The van der Waals surface area contributed by atoms with Gasteiger partial charge in [0.2, 0.25) is 5.88 Å². The van der Waals surface area contributed by atoms with Crippen LogP contribution in [0, 0.1) is 0 Å². The van der Waals surface area contributed by atoms with Crippen molar-refractivity contribution in [1.82, 2.24) is 24.3 Å². The molecule has 0 aliphatic carbocycles. The van der Waals surface area contributed by atoms with Gasteiger partial charge in [-0.2, -0.15) is 0 Å². The molecule has 0 radical (unpaired) electrons. The second-order valence-electron chi connectivity index (χ2n) is 8.93. The Labute approximate surface area is 201 Å². The molecule has 3 N–H and O–H groups in total. The molecule has 9 heteroatoms. The Kier molecular flexibility index (Phi) is 5.15.